The van der Waals surface area contributed by atoms with E-state index in [2.05, 4.69) is 9.88 Å². The predicted molar refractivity (Wildman–Crippen MR) is 93.9 cm³/mol. The van der Waals surface area contributed by atoms with Gasteiger partial charge < -0.3 is 9.80 Å². The van der Waals surface area contributed by atoms with Crippen LogP contribution in [0.25, 0.3) is 4.96 Å². The standard InChI is InChI=1S/C17H15FN4O2S/c18-12-1-3-13(4-2-12)20-5-7-21(8-6-20)15(23)14-11-19-17-22(16(14)24)9-10-25-17/h1-4,9-11H,5-8H2. The van der Waals surface area contributed by atoms with Crippen LogP contribution in [0.15, 0.2) is 46.8 Å². The molecule has 0 bridgehead atoms. The quantitative estimate of drug-likeness (QED) is 0.702. The van der Waals surface area contributed by atoms with E-state index in [1.807, 2.05) is 0 Å². The molecule has 8 heteroatoms. The Labute approximate surface area is 146 Å². The largest absolute Gasteiger partial charge is 0.368 e. The molecule has 0 spiro atoms. The highest BCUT2D eigenvalue weighted by Gasteiger charge is 2.25. The number of halogens is 1. The van der Waals surface area contributed by atoms with Crippen LogP contribution in [0.2, 0.25) is 0 Å². The summed E-state index contributed by atoms with van der Waals surface area (Å²) in [5, 5.41) is 1.76. The van der Waals surface area contributed by atoms with Crippen LogP contribution in [0.1, 0.15) is 10.4 Å². The maximum Gasteiger partial charge on any atom is 0.271 e. The molecule has 25 heavy (non-hydrogen) atoms. The number of carbonyl (C=O) groups is 1. The Morgan fingerprint density at radius 3 is 2.56 bits per heavy atom. The van der Waals surface area contributed by atoms with E-state index in [1.54, 1.807) is 28.6 Å². The third-order valence-corrected chi connectivity index (χ3v) is 5.10. The number of hydrogen-bond donors (Lipinski definition) is 0. The predicted octanol–water partition coefficient (Wildman–Crippen LogP) is 1.86. The van der Waals surface area contributed by atoms with E-state index in [0.717, 1.165) is 5.69 Å². The van der Waals surface area contributed by atoms with Crippen molar-refractivity contribution in [2.75, 3.05) is 31.1 Å². The molecule has 3 aromatic rings. The van der Waals surface area contributed by atoms with Crippen molar-refractivity contribution in [3.05, 3.63) is 63.8 Å². The van der Waals surface area contributed by atoms with Crippen LogP contribution in [0, 0.1) is 5.82 Å². The lowest BCUT2D eigenvalue weighted by Crippen LogP contribution is -2.49. The number of rotatable bonds is 2. The van der Waals surface area contributed by atoms with Gasteiger partial charge in [-0.2, -0.15) is 0 Å². The molecular weight excluding hydrogens is 343 g/mol. The fourth-order valence-corrected chi connectivity index (χ4v) is 3.64. The van der Waals surface area contributed by atoms with Crippen LogP contribution < -0.4 is 10.5 Å². The van der Waals surface area contributed by atoms with Gasteiger partial charge in [0.25, 0.3) is 11.5 Å². The van der Waals surface area contributed by atoms with Crippen molar-refractivity contribution in [3.8, 4) is 0 Å². The molecule has 128 valence electrons. The molecule has 0 atom stereocenters. The molecule has 1 amide bonds. The normalized spacial score (nSPS) is 14.9. The summed E-state index contributed by atoms with van der Waals surface area (Å²) in [6, 6.07) is 6.31. The summed E-state index contributed by atoms with van der Waals surface area (Å²) in [7, 11) is 0. The summed E-state index contributed by atoms with van der Waals surface area (Å²) in [4.78, 5) is 33.6. The number of thiazole rings is 1. The summed E-state index contributed by atoms with van der Waals surface area (Å²) in [5.74, 6) is -0.564. The summed E-state index contributed by atoms with van der Waals surface area (Å²) in [5.41, 5.74) is 0.679. The van der Waals surface area contributed by atoms with Crippen molar-refractivity contribution in [1.29, 1.82) is 0 Å². The van der Waals surface area contributed by atoms with Crippen LogP contribution in [-0.2, 0) is 0 Å². The molecule has 1 aliphatic heterocycles. The van der Waals surface area contributed by atoms with E-state index in [9.17, 15) is 14.0 Å². The Bertz CT molecular complexity index is 974. The maximum atomic E-state index is 13.0. The smallest absolute Gasteiger partial charge is 0.271 e. The van der Waals surface area contributed by atoms with E-state index in [4.69, 9.17) is 0 Å². The lowest BCUT2D eigenvalue weighted by Gasteiger charge is -2.36. The second-order valence-corrected chi connectivity index (χ2v) is 6.66. The minimum Gasteiger partial charge on any atom is -0.368 e. The first-order chi connectivity index (χ1) is 12.1. The van der Waals surface area contributed by atoms with E-state index in [1.165, 1.54) is 34.1 Å². The number of amides is 1. The van der Waals surface area contributed by atoms with Crippen LogP contribution in [0.4, 0.5) is 10.1 Å². The molecule has 0 radical (unpaired) electrons. The molecule has 1 fully saturated rings. The third-order valence-electron chi connectivity index (χ3n) is 4.33. The summed E-state index contributed by atoms with van der Waals surface area (Å²) in [6.07, 6.45) is 2.99. The first kappa shape index (κ1) is 15.8. The van der Waals surface area contributed by atoms with Gasteiger partial charge in [0, 0.05) is 49.6 Å². The molecule has 0 N–H and O–H groups in total. The van der Waals surface area contributed by atoms with E-state index >= 15 is 0 Å². The lowest BCUT2D eigenvalue weighted by molar-refractivity contribution is 0.0744. The molecule has 3 heterocycles. The van der Waals surface area contributed by atoms with Gasteiger partial charge in [-0.25, -0.2) is 9.37 Å². The highest BCUT2D eigenvalue weighted by molar-refractivity contribution is 7.15. The summed E-state index contributed by atoms with van der Waals surface area (Å²) in [6.45, 7) is 2.27. The van der Waals surface area contributed by atoms with Crippen molar-refractivity contribution in [3.63, 3.8) is 0 Å². The minimum atomic E-state index is -0.336. The van der Waals surface area contributed by atoms with Crippen LogP contribution in [0.5, 0.6) is 0 Å². The van der Waals surface area contributed by atoms with Gasteiger partial charge in [-0.15, -0.1) is 11.3 Å². The Balaban J connectivity index is 1.50. The number of anilines is 1. The van der Waals surface area contributed by atoms with Crippen LogP contribution >= 0.6 is 11.3 Å². The number of fused-ring (bicyclic) bond motifs is 1. The summed E-state index contributed by atoms with van der Waals surface area (Å²) >= 11 is 1.35. The molecule has 1 aromatic carbocycles. The maximum absolute atomic E-state index is 13.0. The fraction of sp³-hybridized carbons (Fsp3) is 0.235. The van der Waals surface area contributed by atoms with E-state index in [0.29, 0.717) is 31.1 Å². The number of benzene rings is 1. The fourth-order valence-electron chi connectivity index (χ4n) is 2.96. The minimum absolute atomic E-state index is 0.0890. The molecule has 0 unspecified atom stereocenters. The molecule has 0 aliphatic carbocycles. The highest BCUT2D eigenvalue weighted by atomic mass is 32.1. The van der Waals surface area contributed by atoms with E-state index in [-0.39, 0.29) is 22.8 Å². The first-order valence-corrected chi connectivity index (χ1v) is 8.76. The van der Waals surface area contributed by atoms with Crippen LogP contribution in [0.3, 0.4) is 0 Å². The van der Waals surface area contributed by atoms with Gasteiger partial charge in [-0.3, -0.25) is 14.0 Å². The van der Waals surface area contributed by atoms with Crippen molar-refractivity contribution >= 4 is 27.9 Å². The molecule has 4 rings (SSSR count). The second kappa shape index (κ2) is 6.29. The Hall–Kier alpha value is -2.74. The molecule has 1 saturated heterocycles. The number of nitrogens with zero attached hydrogens (tertiary/aromatic N) is 4. The Kier molecular flexibility index (Phi) is 3.96. The van der Waals surface area contributed by atoms with Crippen molar-refractivity contribution < 1.29 is 9.18 Å². The Morgan fingerprint density at radius 1 is 1.12 bits per heavy atom. The third kappa shape index (κ3) is 2.89. The van der Waals surface area contributed by atoms with Gasteiger partial charge in [0.05, 0.1) is 0 Å². The first-order valence-electron chi connectivity index (χ1n) is 7.88. The molecular formula is C17H15FN4O2S. The zero-order chi connectivity index (χ0) is 17.4. The zero-order valence-electron chi connectivity index (χ0n) is 13.3. The van der Waals surface area contributed by atoms with Crippen molar-refractivity contribution in [2.45, 2.75) is 0 Å². The average Bonchev–Trinajstić information content (AvgIpc) is 3.12. The Morgan fingerprint density at radius 2 is 1.84 bits per heavy atom. The van der Waals surface area contributed by atoms with Gasteiger partial charge in [0.15, 0.2) is 4.96 Å². The van der Waals surface area contributed by atoms with Gasteiger partial charge in [-0.05, 0) is 24.3 Å². The molecule has 1 aliphatic rings. The number of carbonyl (C=O) groups excluding carboxylic acids is 1. The molecule has 2 aromatic heterocycles. The molecule has 0 saturated carbocycles. The number of piperazine rings is 1. The van der Waals surface area contributed by atoms with Crippen LogP contribution in [-0.4, -0.2) is 46.4 Å². The van der Waals surface area contributed by atoms with Gasteiger partial charge in [0.1, 0.15) is 11.4 Å². The SMILES string of the molecule is O=C(c1cnc2sccn2c1=O)N1CCN(c2ccc(F)cc2)CC1. The summed E-state index contributed by atoms with van der Waals surface area (Å²) < 4.78 is 14.4. The average molecular weight is 358 g/mol. The highest BCUT2D eigenvalue weighted by Crippen LogP contribution is 2.17. The van der Waals surface area contributed by atoms with E-state index < -0.39 is 0 Å². The van der Waals surface area contributed by atoms with Gasteiger partial charge >= 0.3 is 0 Å². The van der Waals surface area contributed by atoms with Gasteiger partial charge in [0.2, 0.25) is 0 Å². The van der Waals surface area contributed by atoms with Gasteiger partial charge in [-0.1, -0.05) is 0 Å². The zero-order valence-corrected chi connectivity index (χ0v) is 14.1. The van der Waals surface area contributed by atoms with Crippen molar-refractivity contribution in [1.82, 2.24) is 14.3 Å². The second-order valence-electron chi connectivity index (χ2n) is 5.79. The van der Waals surface area contributed by atoms with Crippen molar-refractivity contribution in [2.24, 2.45) is 0 Å². The monoisotopic (exact) mass is 358 g/mol. The number of aromatic nitrogens is 2. The molecule has 6 nitrogen and oxygen atoms in total. The number of hydrogen-bond acceptors (Lipinski definition) is 5. The lowest BCUT2D eigenvalue weighted by atomic mass is 10.2. The topological polar surface area (TPSA) is 57.9 Å².